The second-order valence-corrected chi connectivity index (χ2v) is 5.39. The smallest absolute Gasteiger partial charge is 0.0447 e. The van der Waals surface area contributed by atoms with Crippen LogP contribution in [0.1, 0.15) is 50.4 Å². The van der Waals surface area contributed by atoms with Crippen LogP contribution in [0.15, 0.2) is 42.6 Å². The molecule has 0 saturated carbocycles. The number of nitrogens with zero attached hydrogens (tertiary/aromatic N) is 1. The van der Waals surface area contributed by atoms with Crippen LogP contribution >= 0.6 is 0 Å². The molecule has 0 fully saturated rings. The Morgan fingerprint density at radius 3 is 2.26 bits per heavy atom. The van der Waals surface area contributed by atoms with Gasteiger partial charge >= 0.3 is 0 Å². The topological polar surface area (TPSA) is 12.9 Å². The highest BCUT2D eigenvalue weighted by Gasteiger charge is 2.21. The van der Waals surface area contributed by atoms with Gasteiger partial charge in [0, 0.05) is 24.4 Å². The van der Waals surface area contributed by atoms with Crippen molar-refractivity contribution in [2.24, 2.45) is 0 Å². The van der Waals surface area contributed by atoms with E-state index in [4.69, 9.17) is 0 Å². The van der Waals surface area contributed by atoms with Crippen molar-refractivity contribution in [2.45, 2.75) is 45.4 Å². The van der Waals surface area contributed by atoms with Gasteiger partial charge in [0.1, 0.15) is 0 Å². The molecule has 99 valence electrons. The molecule has 0 saturated heterocycles. The van der Waals surface area contributed by atoms with Crippen molar-refractivity contribution in [3.8, 4) is 0 Å². The maximum absolute atomic E-state index is 4.32. The zero-order chi connectivity index (χ0) is 13.7. The van der Waals surface area contributed by atoms with Crippen molar-refractivity contribution in [1.29, 1.82) is 0 Å². The highest BCUT2D eigenvalue weighted by molar-refractivity contribution is 5.30. The minimum atomic E-state index is 0.304. The first kappa shape index (κ1) is 13.8. The summed E-state index contributed by atoms with van der Waals surface area (Å²) in [4.78, 5) is 4.32. The Hall–Kier alpha value is -1.63. The predicted molar refractivity (Wildman–Crippen MR) is 80.3 cm³/mol. The molecule has 0 aliphatic heterocycles. The molecule has 0 N–H and O–H groups in total. The molecule has 1 nitrogen and oxygen atoms in total. The van der Waals surface area contributed by atoms with Crippen LogP contribution in [0.5, 0.6) is 0 Å². The molecule has 1 aromatic carbocycles. The molecule has 1 aromatic heterocycles. The third-order valence-corrected chi connectivity index (χ3v) is 4.27. The van der Waals surface area contributed by atoms with Crippen LogP contribution in [-0.4, -0.2) is 4.98 Å². The van der Waals surface area contributed by atoms with Crippen molar-refractivity contribution in [3.05, 3.63) is 65.5 Å². The van der Waals surface area contributed by atoms with Crippen LogP contribution in [-0.2, 0) is 11.8 Å². The first-order valence-corrected chi connectivity index (χ1v) is 7.08. The lowest BCUT2D eigenvalue weighted by Crippen LogP contribution is -2.19. The Labute approximate surface area is 116 Å². The van der Waals surface area contributed by atoms with Gasteiger partial charge in [-0.05, 0) is 35.4 Å². The lowest BCUT2D eigenvalue weighted by Gasteiger charge is -2.27. The highest BCUT2D eigenvalue weighted by atomic mass is 14.7. The van der Waals surface area contributed by atoms with Gasteiger partial charge in [0.15, 0.2) is 0 Å². The summed E-state index contributed by atoms with van der Waals surface area (Å²) in [5.41, 5.74) is 4.16. The fourth-order valence-electron chi connectivity index (χ4n) is 2.35. The molecular formula is C18H22N. The summed E-state index contributed by atoms with van der Waals surface area (Å²) in [7, 11) is 0. The lowest BCUT2D eigenvalue weighted by molar-refractivity contribution is 0.439. The maximum atomic E-state index is 4.32. The zero-order valence-electron chi connectivity index (χ0n) is 12.1. The van der Waals surface area contributed by atoms with E-state index in [-0.39, 0.29) is 0 Å². The van der Waals surface area contributed by atoms with Crippen LogP contribution < -0.4 is 0 Å². The number of benzene rings is 1. The van der Waals surface area contributed by atoms with Gasteiger partial charge in [-0.1, -0.05) is 51.1 Å². The van der Waals surface area contributed by atoms with Crippen molar-refractivity contribution in [3.63, 3.8) is 0 Å². The number of pyridine rings is 1. The summed E-state index contributed by atoms with van der Waals surface area (Å²) in [5.74, 6) is 0. The standard InChI is InChI=1S/C18H22N/c1-4-18(3,5-2)16-11-9-15(10-12-16)14-17-8-6-7-13-19-17/h6,8-13H,4-5,14H2,1-3H3. The normalized spacial score (nSPS) is 11.5. The number of rotatable bonds is 5. The van der Waals surface area contributed by atoms with Crippen molar-refractivity contribution in [2.75, 3.05) is 0 Å². The average molecular weight is 252 g/mol. The quantitative estimate of drug-likeness (QED) is 0.760. The Morgan fingerprint density at radius 1 is 1.05 bits per heavy atom. The Morgan fingerprint density at radius 2 is 1.74 bits per heavy atom. The predicted octanol–water partition coefficient (Wildman–Crippen LogP) is 4.55. The largest absolute Gasteiger partial charge is 0.260 e. The third kappa shape index (κ3) is 3.23. The fourth-order valence-corrected chi connectivity index (χ4v) is 2.35. The molecule has 0 aliphatic carbocycles. The van der Waals surface area contributed by atoms with Crippen LogP contribution in [0.4, 0.5) is 0 Å². The molecule has 2 aromatic rings. The summed E-state index contributed by atoms with van der Waals surface area (Å²) < 4.78 is 0. The highest BCUT2D eigenvalue weighted by Crippen LogP contribution is 2.31. The Bertz CT molecular complexity index is 495. The molecule has 1 heteroatoms. The van der Waals surface area contributed by atoms with Gasteiger partial charge in [0.25, 0.3) is 0 Å². The van der Waals surface area contributed by atoms with Crippen LogP contribution in [0.2, 0.25) is 0 Å². The monoisotopic (exact) mass is 252 g/mol. The van der Waals surface area contributed by atoms with E-state index in [2.05, 4.69) is 56.1 Å². The minimum Gasteiger partial charge on any atom is -0.260 e. The van der Waals surface area contributed by atoms with E-state index < -0.39 is 0 Å². The Balaban J connectivity index is 2.15. The molecule has 19 heavy (non-hydrogen) atoms. The molecule has 0 unspecified atom stereocenters. The maximum Gasteiger partial charge on any atom is 0.0447 e. The second kappa shape index (κ2) is 6.01. The van der Waals surface area contributed by atoms with Gasteiger partial charge in [-0.3, -0.25) is 4.98 Å². The van der Waals surface area contributed by atoms with E-state index >= 15 is 0 Å². The van der Waals surface area contributed by atoms with Gasteiger partial charge in [-0.2, -0.15) is 0 Å². The summed E-state index contributed by atoms with van der Waals surface area (Å²) in [6, 6.07) is 15.9. The van der Waals surface area contributed by atoms with Gasteiger partial charge < -0.3 is 0 Å². The van der Waals surface area contributed by atoms with E-state index in [1.807, 2.05) is 12.1 Å². The molecular weight excluding hydrogens is 230 g/mol. The molecule has 1 radical (unpaired) electrons. The third-order valence-electron chi connectivity index (χ3n) is 4.27. The van der Waals surface area contributed by atoms with Crippen molar-refractivity contribution >= 4 is 0 Å². The number of hydrogen-bond acceptors (Lipinski definition) is 1. The van der Waals surface area contributed by atoms with Gasteiger partial charge in [0.05, 0.1) is 0 Å². The van der Waals surface area contributed by atoms with E-state index in [9.17, 15) is 0 Å². The summed E-state index contributed by atoms with van der Waals surface area (Å²) >= 11 is 0. The Kier molecular flexibility index (Phi) is 4.36. The first-order valence-electron chi connectivity index (χ1n) is 7.08. The van der Waals surface area contributed by atoms with E-state index in [0.29, 0.717) is 5.41 Å². The first-order chi connectivity index (χ1) is 9.18. The van der Waals surface area contributed by atoms with Crippen molar-refractivity contribution in [1.82, 2.24) is 4.98 Å². The van der Waals surface area contributed by atoms with Gasteiger partial charge in [-0.25, -0.2) is 0 Å². The molecule has 2 rings (SSSR count). The zero-order valence-corrected chi connectivity index (χ0v) is 12.1. The van der Waals surface area contributed by atoms with E-state index in [0.717, 1.165) is 12.1 Å². The van der Waals surface area contributed by atoms with Crippen molar-refractivity contribution < 1.29 is 0 Å². The molecule has 0 amide bonds. The molecule has 1 heterocycles. The molecule has 0 aliphatic rings. The minimum absolute atomic E-state index is 0.304. The summed E-state index contributed by atoms with van der Waals surface area (Å²) in [6.07, 6.45) is 4.98. The summed E-state index contributed by atoms with van der Waals surface area (Å²) in [5, 5.41) is 0. The van der Waals surface area contributed by atoms with Crippen LogP contribution in [0.25, 0.3) is 0 Å². The summed E-state index contributed by atoms with van der Waals surface area (Å²) in [6.45, 7) is 6.88. The lowest BCUT2D eigenvalue weighted by atomic mass is 9.77. The number of hydrogen-bond donors (Lipinski definition) is 0. The van der Waals surface area contributed by atoms with Crippen LogP contribution in [0.3, 0.4) is 0 Å². The van der Waals surface area contributed by atoms with E-state index in [1.54, 1.807) is 6.20 Å². The fraction of sp³-hybridized carbons (Fsp3) is 0.389. The second-order valence-electron chi connectivity index (χ2n) is 5.39. The van der Waals surface area contributed by atoms with Gasteiger partial charge in [-0.15, -0.1) is 0 Å². The molecule has 0 spiro atoms. The average Bonchev–Trinajstić information content (AvgIpc) is 2.48. The SMILES string of the molecule is CCC(C)(CC)c1ccc(Cc2cc[c]cn2)cc1. The number of aromatic nitrogens is 1. The molecule has 0 atom stereocenters. The van der Waals surface area contributed by atoms with Crippen LogP contribution in [0, 0.1) is 6.07 Å². The molecule has 0 bridgehead atoms. The van der Waals surface area contributed by atoms with E-state index in [1.165, 1.54) is 24.0 Å². The van der Waals surface area contributed by atoms with Gasteiger partial charge in [0.2, 0.25) is 0 Å².